The van der Waals surface area contributed by atoms with Crippen LogP contribution >= 0.6 is 0 Å². The van der Waals surface area contributed by atoms with Crippen LogP contribution in [0.5, 0.6) is 0 Å². The first-order chi connectivity index (χ1) is 9.15. The van der Waals surface area contributed by atoms with Gasteiger partial charge in [0.1, 0.15) is 0 Å². The molecule has 1 saturated heterocycles. The van der Waals surface area contributed by atoms with Gasteiger partial charge in [0.25, 0.3) is 0 Å². The molecule has 1 heterocycles. The molecular formula is C16H24N2O. The Kier molecular flexibility index (Phi) is 4.97. The van der Waals surface area contributed by atoms with Gasteiger partial charge >= 0.3 is 0 Å². The summed E-state index contributed by atoms with van der Waals surface area (Å²) in [6, 6.07) is 6.72. The fourth-order valence-electron chi connectivity index (χ4n) is 2.63. The first-order valence-electron chi connectivity index (χ1n) is 7.21. The highest BCUT2D eigenvalue weighted by molar-refractivity contribution is 5.76. The summed E-state index contributed by atoms with van der Waals surface area (Å²) >= 11 is 0. The minimum Gasteiger partial charge on any atom is -0.352 e. The average Bonchev–Trinajstić information content (AvgIpc) is 2.39. The summed E-state index contributed by atoms with van der Waals surface area (Å²) in [5.74, 6) is 0.152. The molecule has 3 heteroatoms. The molecule has 0 saturated carbocycles. The van der Waals surface area contributed by atoms with Crippen LogP contribution in [0, 0.1) is 13.8 Å². The van der Waals surface area contributed by atoms with E-state index in [-0.39, 0.29) is 5.91 Å². The minimum absolute atomic E-state index is 0.152. The van der Waals surface area contributed by atoms with Crippen molar-refractivity contribution in [2.45, 2.75) is 52.1 Å². The minimum atomic E-state index is 0.152. The number of aryl methyl sites for hydroxylation is 2. The summed E-state index contributed by atoms with van der Waals surface area (Å²) < 4.78 is 0. The van der Waals surface area contributed by atoms with E-state index in [0.29, 0.717) is 19.0 Å². The van der Waals surface area contributed by atoms with Gasteiger partial charge in [0, 0.05) is 19.0 Å². The Morgan fingerprint density at radius 2 is 2.21 bits per heavy atom. The highest BCUT2D eigenvalue weighted by Gasteiger charge is 2.16. The number of amides is 1. The van der Waals surface area contributed by atoms with E-state index in [9.17, 15) is 4.79 Å². The summed E-state index contributed by atoms with van der Waals surface area (Å²) in [4.78, 5) is 11.9. The Morgan fingerprint density at radius 3 is 2.89 bits per heavy atom. The standard InChI is InChI=1S/C16H24N2O/c1-12-6-7-14(13(2)9-12)11-18-16(19)10-15-5-3-4-8-17-15/h6-7,9,15,17H,3-5,8,10-11H2,1-2H3,(H,18,19). The second-order valence-corrected chi connectivity index (χ2v) is 5.56. The molecule has 1 aromatic carbocycles. The topological polar surface area (TPSA) is 41.1 Å². The van der Waals surface area contributed by atoms with Crippen molar-refractivity contribution in [1.82, 2.24) is 10.6 Å². The van der Waals surface area contributed by atoms with Crippen molar-refractivity contribution in [3.8, 4) is 0 Å². The Bertz CT molecular complexity index is 436. The van der Waals surface area contributed by atoms with Crippen LogP contribution in [0.1, 0.15) is 42.4 Å². The van der Waals surface area contributed by atoms with Crippen LogP contribution in [0.2, 0.25) is 0 Å². The number of hydrogen-bond acceptors (Lipinski definition) is 2. The van der Waals surface area contributed by atoms with Crippen LogP contribution in [0.4, 0.5) is 0 Å². The largest absolute Gasteiger partial charge is 0.352 e. The smallest absolute Gasteiger partial charge is 0.221 e. The van der Waals surface area contributed by atoms with E-state index >= 15 is 0 Å². The Hall–Kier alpha value is -1.35. The zero-order valence-corrected chi connectivity index (χ0v) is 12.0. The van der Waals surface area contributed by atoms with E-state index in [1.807, 2.05) is 0 Å². The van der Waals surface area contributed by atoms with Gasteiger partial charge in [-0.25, -0.2) is 0 Å². The van der Waals surface area contributed by atoms with Gasteiger partial charge in [-0.15, -0.1) is 0 Å². The molecule has 0 radical (unpaired) electrons. The maximum Gasteiger partial charge on any atom is 0.221 e. The SMILES string of the molecule is Cc1ccc(CNC(=O)CC2CCCCN2)c(C)c1. The highest BCUT2D eigenvalue weighted by atomic mass is 16.1. The molecule has 0 aromatic heterocycles. The second-order valence-electron chi connectivity index (χ2n) is 5.56. The zero-order chi connectivity index (χ0) is 13.7. The molecule has 3 nitrogen and oxygen atoms in total. The van der Waals surface area contributed by atoms with Gasteiger partial charge in [-0.1, -0.05) is 30.2 Å². The lowest BCUT2D eigenvalue weighted by atomic mass is 10.0. The highest BCUT2D eigenvalue weighted by Crippen LogP contribution is 2.12. The molecule has 104 valence electrons. The number of carbonyl (C=O) groups is 1. The number of carbonyl (C=O) groups excluding carboxylic acids is 1. The lowest BCUT2D eigenvalue weighted by Crippen LogP contribution is -2.38. The monoisotopic (exact) mass is 260 g/mol. The molecule has 1 fully saturated rings. The molecule has 1 atom stereocenters. The van der Waals surface area contributed by atoms with Gasteiger partial charge < -0.3 is 10.6 Å². The van der Waals surface area contributed by atoms with Gasteiger partial charge in [0.2, 0.25) is 5.91 Å². The van der Waals surface area contributed by atoms with E-state index in [1.54, 1.807) is 0 Å². The number of hydrogen-bond donors (Lipinski definition) is 2. The van der Waals surface area contributed by atoms with E-state index in [1.165, 1.54) is 29.5 Å². The van der Waals surface area contributed by atoms with Crippen molar-refractivity contribution in [2.75, 3.05) is 6.54 Å². The van der Waals surface area contributed by atoms with Crippen LogP contribution in [0.3, 0.4) is 0 Å². The average molecular weight is 260 g/mol. The molecule has 1 aromatic rings. The van der Waals surface area contributed by atoms with E-state index < -0.39 is 0 Å². The maximum atomic E-state index is 11.9. The lowest BCUT2D eigenvalue weighted by molar-refractivity contribution is -0.121. The zero-order valence-electron chi connectivity index (χ0n) is 12.0. The summed E-state index contributed by atoms with van der Waals surface area (Å²) in [6.45, 7) is 5.87. The molecule has 1 aliphatic heterocycles. The van der Waals surface area contributed by atoms with Crippen molar-refractivity contribution in [2.24, 2.45) is 0 Å². The number of nitrogens with one attached hydrogen (secondary N) is 2. The van der Waals surface area contributed by atoms with Gasteiger partial charge in [-0.3, -0.25) is 4.79 Å². The Labute approximate surface area is 115 Å². The summed E-state index contributed by atoms with van der Waals surface area (Å²) in [6.07, 6.45) is 4.20. The summed E-state index contributed by atoms with van der Waals surface area (Å²) in [7, 11) is 0. The fourth-order valence-corrected chi connectivity index (χ4v) is 2.63. The molecule has 0 spiro atoms. The summed E-state index contributed by atoms with van der Waals surface area (Å²) in [5, 5.41) is 6.43. The molecule has 1 amide bonds. The number of piperidine rings is 1. The molecule has 1 aliphatic rings. The third kappa shape index (κ3) is 4.35. The van der Waals surface area contributed by atoms with Crippen molar-refractivity contribution in [3.05, 3.63) is 34.9 Å². The third-order valence-corrected chi connectivity index (χ3v) is 3.82. The van der Waals surface area contributed by atoms with E-state index in [2.05, 4.69) is 42.7 Å². The van der Waals surface area contributed by atoms with E-state index in [0.717, 1.165) is 13.0 Å². The Morgan fingerprint density at radius 1 is 1.37 bits per heavy atom. The second kappa shape index (κ2) is 6.71. The fraction of sp³-hybridized carbons (Fsp3) is 0.562. The van der Waals surface area contributed by atoms with Crippen molar-refractivity contribution < 1.29 is 4.79 Å². The quantitative estimate of drug-likeness (QED) is 0.873. The molecule has 2 rings (SSSR count). The van der Waals surface area contributed by atoms with Crippen molar-refractivity contribution in [1.29, 1.82) is 0 Å². The Balaban J connectivity index is 1.79. The maximum absolute atomic E-state index is 11.9. The lowest BCUT2D eigenvalue weighted by Gasteiger charge is -2.22. The summed E-state index contributed by atoms with van der Waals surface area (Å²) in [5.41, 5.74) is 3.71. The van der Waals surface area contributed by atoms with Gasteiger partial charge in [0.15, 0.2) is 0 Å². The van der Waals surface area contributed by atoms with Crippen LogP contribution < -0.4 is 10.6 Å². The molecule has 19 heavy (non-hydrogen) atoms. The predicted molar refractivity (Wildman–Crippen MR) is 78.0 cm³/mol. The number of rotatable bonds is 4. The van der Waals surface area contributed by atoms with Crippen LogP contribution in [-0.4, -0.2) is 18.5 Å². The van der Waals surface area contributed by atoms with Crippen LogP contribution in [0.15, 0.2) is 18.2 Å². The molecule has 0 aliphatic carbocycles. The van der Waals surface area contributed by atoms with E-state index in [4.69, 9.17) is 0 Å². The predicted octanol–water partition coefficient (Wildman–Crippen LogP) is 2.45. The van der Waals surface area contributed by atoms with Gasteiger partial charge in [0.05, 0.1) is 0 Å². The molecule has 2 N–H and O–H groups in total. The van der Waals surface area contributed by atoms with Gasteiger partial charge in [-0.05, 0) is 44.4 Å². The first kappa shape index (κ1) is 14.1. The van der Waals surface area contributed by atoms with Crippen LogP contribution in [0.25, 0.3) is 0 Å². The van der Waals surface area contributed by atoms with Gasteiger partial charge in [-0.2, -0.15) is 0 Å². The number of benzene rings is 1. The van der Waals surface area contributed by atoms with Crippen molar-refractivity contribution >= 4 is 5.91 Å². The first-order valence-corrected chi connectivity index (χ1v) is 7.21. The van der Waals surface area contributed by atoms with Crippen molar-refractivity contribution in [3.63, 3.8) is 0 Å². The normalized spacial score (nSPS) is 19.2. The molecule has 0 bridgehead atoms. The third-order valence-electron chi connectivity index (χ3n) is 3.82. The molecular weight excluding hydrogens is 236 g/mol. The molecule has 1 unspecified atom stereocenters. The van der Waals surface area contributed by atoms with Crippen LogP contribution in [-0.2, 0) is 11.3 Å².